The van der Waals surface area contributed by atoms with Crippen molar-refractivity contribution in [2.45, 2.75) is 78.2 Å². The fourth-order valence-electron chi connectivity index (χ4n) is 2.59. The summed E-state index contributed by atoms with van der Waals surface area (Å²) in [6, 6.07) is 1.99. The summed E-state index contributed by atoms with van der Waals surface area (Å²) in [5.41, 5.74) is 1.03. The standard InChI is InChI=1S/C16H28N2O2/c1-12-6-5-7-14(8-12)19-11-15-9-13(18-20-15)10-17-16(2,3)4/h9,12,14,17H,5-8,10-11H2,1-4H3. The molecule has 0 saturated heterocycles. The lowest BCUT2D eigenvalue weighted by Crippen LogP contribution is -2.35. The van der Waals surface area contributed by atoms with Gasteiger partial charge in [0.25, 0.3) is 0 Å². The smallest absolute Gasteiger partial charge is 0.162 e. The lowest BCUT2D eigenvalue weighted by atomic mass is 9.89. The zero-order valence-electron chi connectivity index (χ0n) is 13.2. The number of hydrogen-bond donors (Lipinski definition) is 1. The third kappa shape index (κ3) is 5.25. The summed E-state index contributed by atoms with van der Waals surface area (Å²) >= 11 is 0. The van der Waals surface area contributed by atoms with Crippen molar-refractivity contribution in [1.82, 2.24) is 10.5 Å². The van der Waals surface area contributed by atoms with E-state index in [9.17, 15) is 0 Å². The van der Waals surface area contributed by atoms with Gasteiger partial charge in [0.15, 0.2) is 5.76 Å². The molecule has 0 aliphatic heterocycles. The van der Waals surface area contributed by atoms with Crippen molar-refractivity contribution in [3.05, 3.63) is 17.5 Å². The molecule has 1 aliphatic carbocycles. The lowest BCUT2D eigenvalue weighted by molar-refractivity contribution is -0.00448. The normalized spacial score (nSPS) is 24.0. The molecule has 1 saturated carbocycles. The molecular formula is C16H28N2O2. The maximum absolute atomic E-state index is 5.94. The van der Waals surface area contributed by atoms with Crippen LogP contribution >= 0.6 is 0 Å². The molecule has 4 nitrogen and oxygen atoms in total. The van der Waals surface area contributed by atoms with Gasteiger partial charge in [-0.1, -0.05) is 24.9 Å². The molecule has 1 aliphatic rings. The van der Waals surface area contributed by atoms with Gasteiger partial charge in [0.1, 0.15) is 6.61 Å². The minimum Gasteiger partial charge on any atom is -0.370 e. The molecule has 0 spiro atoms. The number of aromatic nitrogens is 1. The number of rotatable bonds is 5. The van der Waals surface area contributed by atoms with E-state index in [-0.39, 0.29) is 5.54 Å². The second kappa shape index (κ2) is 6.72. The molecule has 1 N–H and O–H groups in total. The monoisotopic (exact) mass is 280 g/mol. The molecule has 1 heterocycles. The molecule has 0 radical (unpaired) electrons. The first-order valence-corrected chi connectivity index (χ1v) is 7.73. The first-order valence-electron chi connectivity index (χ1n) is 7.73. The molecular weight excluding hydrogens is 252 g/mol. The van der Waals surface area contributed by atoms with Crippen molar-refractivity contribution in [2.75, 3.05) is 0 Å². The molecule has 1 fully saturated rings. The first kappa shape index (κ1) is 15.5. The van der Waals surface area contributed by atoms with Crippen LogP contribution in [0.3, 0.4) is 0 Å². The third-order valence-corrected chi connectivity index (χ3v) is 3.76. The van der Waals surface area contributed by atoms with E-state index < -0.39 is 0 Å². The number of nitrogens with one attached hydrogen (secondary N) is 1. The van der Waals surface area contributed by atoms with Crippen LogP contribution in [0.5, 0.6) is 0 Å². The molecule has 1 aromatic rings. The summed E-state index contributed by atoms with van der Waals surface area (Å²) in [5.74, 6) is 1.61. The van der Waals surface area contributed by atoms with Gasteiger partial charge in [-0.2, -0.15) is 0 Å². The molecule has 0 bridgehead atoms. The average Bonchev–Trinajstić information content (AvgIpc) is 2.81. The molecule has 1 aromatic heterocycles. The molecule has 0 amide bonds. The average molecular weight is 280 g/mol. The van der Waals surface area contributed by atoms with Gasteiger partial charge < -0.3 is 14.6 Å². The van der Waals surface area contributed by atoms with Crippen LogP contribution in [0.15, 0.2) is 10.6 Å². The van der Waals surface area contributed by atoms with Crippen LogP contribution in [0.4, 0.5) is 0 Å². The van der Waals surface area contributed by atoms with Gasteiger partial charge in [-0.15, -0.1) is 0 Å². The van der Waals surface area contributed by atoms with Crippen molar-refractivity contribution in [3.63, 3.8) is 0 Å². The molecule has 2 unspecified atom stereocenters. The summed E-state index contributed by atoms with van der Waals surface area (Å²) < 4.78 is 11.3. The summed E-state index contributed by atoms with van der Waals surface area (Å²) in [7, 11) is 0. The SMILES string of the molecule is CC1CCCC(OCc2cc(CNC(C)(C)C)no2)C1. The highest BCUT2D eigenvalue weighted by Gasteiger charge is 2.20. The van der Waals surface area contributed by atoms with Crippen molar-refractivity contribution in [1.29, 1.82) is 0 Å². The van der Waals surface area contributed by atoms with Crippen LogP contribution < -0.4 is 5.32 Å². The number of hydrogen-bond acceptors (Lipinski definition) is 4. The summed E-state index contributed by atoms with van der Waals surface area (Å²) in [5, 5.41) is 7.48. The van der Waals surface area contributed by atoms with Crippen molar-refractivity contribution < 1.29 is 9.26 Å². The highest BCUT2D eigenvalue weighted by molar-refractivity contribution is 5.04. The van der Waals surface area contributed by atoms with Gasteiger partial charge in [-0.05, 0) is 39.5 Å². The lowest BCUT2D eigenvalue weighted by Gasteiger charge is -2.26. The van der Waals surface area contributed by atoms with E-state index in [1.165, 1.54) is 25.7 Å². The fourth-order valence-corrected chi connectivity index (χ4v) is 2.59. The Balaban J connectivity index is 1.75. The zero-order chi connectivity index (χ0) is 14.6. The maximum Gasteiger partial charge on any atom is 0.162 e. The minimum atomic E-state index is 0.0911. The molecule has 114 valence electrons. The molecule has 2 atom stereocenters. The molecule has 20 heavy (non-hydrogen) atoms. The second-order valence-electron chi connectivity index (χ2n) is 7.09. The van der Waals surface area contributed by atoms with E-state index in [0.29, 0.717) is 12.7 Å². The van der Waals surface area contributed by atoms with Crippen LogP contribution in [0.2, 0.25) is 0 Å². The van der Waals surface area contributed by atoms with E-state index in [2.05, 4.69) is 38.2 Å². The van der Waals surface area contributed by atoms with E-state index >= 15 is 0 Å². The topological polar surface area (TPSA) is 47.3 Å². The van der Waals surface area contributed by atoms with Gasteiger partial charge in [0.2, 0.25) is 0 Å². The van der Waals surface area contributed by atoms with Crippen LogP contribution in [0.25, 0.3) is 0 Å². The Morgan fingerprint density at radius 3 is 2.90 bits per heavy atom. The Hall–Kier alpha value is -0.870. The predicted octanol–water partition coefficient (Wildman–Crippen LogP) is 3.66. The van der Waals surface area contributed by atoms with Gasteiger partial charge in [-0.3, -0.25) is 0 Å². The highest BCUT2D eigenvalue weighted by atomic mass is 16.5. The van der Waals surface area contributed by atoms with Gasteiger partial charge >= 0.3 is 0 Å². The van der Waals surface area contributed by atoms with E-state index in [0.717, 1.165) is 23.9 Å². The Morgan fingerprint density at radius 2 is 2.20 bits per heavy atom. The summed E-state index contributed by atoms with van der Waals surface area (Å²) in [6.07, 6.45) is 5.36. The Labute approximate surface area is 122 Å². The van der Waals surface area contributed by atoms with Crippen LogP contribution in [0, 0.1) is 5.92 Å². The molecule has 2 rings (SSSR count). The number of ether oxygens (including phenoxy) is 1. The van der Waals surface area contributed by atoms with Crippen molar-refractivity contribution in [2.24, 2.45) is 5.92 Å². The van der Waals surface area contributed by atoms with Gasteiger partial charge in [-0.25, -0.2) is 0 Å². The minimum absolute atomic E-state index is 0.0911. The van der Waals surface area contributed by atoms with E-state index in [1.807, 2.05) is 6.07 Å². The van der Waals surface area contributed by atoms with Crippen molar-refractivity contribution >= 4 is 0 Å². The van der Waals surface area contributed by atoms with Crippen LogP contribution in [-0.4, -0.2) is 16.8 Å². The van der Waals surface area contributed by atoms with Crippen LogP contribution in [-0.2, 0) is 17.9 Å². The first-order chi connectivity index (χ1) is 9.42. The Bertz CT molecular complexity index is 409. The third-order valence-electron chi connectivity index (χ3n) is 3.76. The van der Waals surface area contributed by atoms with E-state index in [4.69, 9.17) is 9.26 Å². The Morgan fingerprint density at radius 1 is 1.40 bits per heavy atom. The second-order valence-corrected chi connectivity index (χ2v) is 7.09. The predicted molar refractivity (Wildman–Crippen MR) is 79.3 cm³/mol. The van der Waals surface area contributed by atoms with Gasteiger partial charge in [0, 0.05) is 18.2 Å². The summed E-state index contributed by atoms with van der Waals surface area (Å²) in [4.78, 5) is 0. The van der Waals surface area contributed by atoms with Crippen LogP contribution in [0.1, 0.15) is 64.8 Å². The summed E-state index contributed by atoms with van der Waals surface area (Å²) in [6.45, 7) is 10.00. The maximum atomic E-state index is 5.94. The fraction of sp³-hybridized carbons (Fsp3) is 0.812. The molecule has 4 heteroatoms. The zero-order valence-corrected chi connectivity index (χ0v) is 13.2. The largest absolute Gasteiger partial charge is 0.370 e. The van der Waals surface area contributed by atoms with Gasteiger partial charge in [0.05, 0.1) is 11.8 Å². The van der Waals surface area contributed by atoms with Crippen molar-refractivity contribution in [3.8, 4) is 0 Å². The Kier molecular flexibility index (Phi) is 5.22. The van der Waals surface area contributed by atoms with E-state index in [1.54, 1.807) is 0 Å². The quantitative estimate of drug-likeness (QED) is 0.894. The number of nitrogens with zero attached hydrogens (tertiary/aromatic N) is 1. The highest BCUT2D eigenvalue weighted by Crippen LogP contribution is 2.26. The molecule has 0 aromatic carbocycles.